The number of aryl methyl sites for hydroxylation is 1. The van der Waals surface area contributed by atoms with E-state index in [9.17, 15) is 0 Å². The lowest BCUT2D eigenvalue weighted by Gasteiger charge is -2.32. The molecule has 0 amide bonds. The minimum Gasteiger partial charge on any atom is -0.456 e. The van der Waals surface area contributed by atoms with Crippen LogP contribution in [0.25, 0.3) is 49.9 Å². The summed E-state index contributed by atoms with van der Waals surface area (Å²) >= 11 is 0. The van der Waals surface area contributed by atoms with Crippen molar-refractivity contribution in [3.63, 3.8) is 0 Å². The maximum atomic E-state index is 7.73. The molecule has 0 spiro atoms. The molecule has 1 aliphatic rings. The molecule has 0 saturated heterocycles. The van der Waals surface area contributed by atoms with Gasteiger partial charge >= 0.3 is 0 Å². The van der Waals surface area contributed by atoms with Crippen LogP contribution in [-0.4, -0.2) is 0 Å². The lowest BCUT2D eigenvalue weighted by Crippen LogP contribution is -2.49. The molecule has 282 valence electrons. The highest BCUT2D eigenvalue weighted by molar-refractivity contribution is 6.13. The SMILES string of the molecule is CCC.N[N+](c1ccccc1)(c1ccc(-c2ccccc2)cc1)c1cccc2oc3ccc([N+]4=c5ccc(-c6ccccc6)cc5=C4CCc4ccccc4)cc3c12. The van der Waals surface area contributed by atoms with Crippen molar-refractivity contribution in [1.82, 2.24) is 9.17 Å². The molecule has 0 saturated carbocycles. The van der Waals surface area contributed by atoms with E-state index in [0.717, 1.165) is 63.1 Å². The molecular weight excluding hydrogens is 707 g/mol. The summed E-state index contributed by atoms with van der Waals surface area (Å²) in [6.07, 6.45) is 3.12. The molecule has 0 aliphatic carbocycles. The predicted octanol–water partition coefficient (Wildman–Crippen LogP) is 12.8. The zero-order valence-corrected chi connectivity index (χ0v) is 33.1. The Hall–Kier alpha value is -6.85. The first-order chi connectivity index (χ1) is 28.6. The third kappa shape index (κ3) is 6.73. The Morgan fingerprint density at radius 3 is 1.74 bits per heavy atom. The monoisotopic (exact) mass is 753 g/mol. The Balaban J connectivity index is 0.00000141. The molecule has 0 fully saturated rings. The highest BCUT2D eigenvalue weighted by Gasteiger charge is 2.37. The first-order valence-electron chi connectivity index (χ1n) is 20.3. The summed E-state index contributed by atoms with van der Waals surface area (Å²) in [6.45, 7) is 4.25. The molecule has 4 heteroatoms. The molecule has 10 rings (SSSR count). The molecule has 0 radical (unpaired) electrons. The van der Waals surface area contributed by atoms with Crippen LogP contribution < -0.4 is 25.6 Å². The van der Waals surface area contributed by atoms with Gasteiger partial charge in [0.2, 0.25) is 16.7 Å². The second-order valence-electron chi connectivity index (χ2n) is 15.0. The first kappa shape index (κ1) is 36.8. The molecule has 9 aromatic rings. The maximum absolute atomic E-state index is 7.73. The van der Waals surface area contributed by atoms with E-state index in [1.807, 2.05) is 24.3 Å². The van der Waals surface area contributed by atoms with Crippen molar-refractivity contribution in [2.75, 3.05) is 0 Å². The zero-order chi connectivity index (χ0) is 39.5. The second kappa shape index (κ2) is 16.0. The lowest BCUT2D eigenvalue weighted by atomic mass is 9.98. The third-order valence-electron chi connectivity index (χ3n) is 11.1. The van der Waals surface area contributed by atoms with Gasteiger partial charge in [0.25, 0.3) is 0 Å². The summed E-state index contributed by atoms with van der Waals surface area (Å²) in [5.41, 5.74) is 13.0. The molecular formula is C54H47N3O+2. The highest BCUT2D eigenvalue weighted by atomic mass is 16.3. The first-order valence-corrected chi connectivity index (χ1v) is 20.3. The Kier molecular flexibility index (Phi) is 10.1. The normalized spacial score (nSPS) is 13.0. The summed E-state index contributed by atoms with van der Waals surface area (Å²) in [6, 6.07) is 70.5. The van der Waals surface area contributed by atoms with Crippen molar-refractivity contribution in [1.29, 1.82) is 0 Å². The van der Waals surface area contributed by atoms with Crippen molar-refractivity contribution >= 4 is 50.4 Å². The fourth-order valence-electron chi connectivity index (χ4n) is 8.27. The van der Waals surface area contributed by atoms with E-state index >= 15 is 0 Å². The number of nitrogens with two attached hydrogens (primary N) is 1. The molecule has 2 N–H and O–H groups in total. The summed E-state index contributed by atoms with van der Waals surface area (Å²) in [5, 5.41) is 4.55. The summed E-state index contributed by atoms with van der Waals surface area (Å²) in [4.78, 5) is 0. The van der Waals surface area contributed by atoms with Crippen LogP contribution in [-0.2, 0) is 6.42 Å². The van der Waals surface area contributed by atoms with Crippen molar-refractivity contribution in [2.24, 2.45) is 5.84 Å². The lowest BCUT2D eigenvalue weighted by molar-refractivity contribution is 0.552. The van der Waals surface area contributed by atoms with Gasteiger partial charge < -0.3 is 4.42 Å². The van der Waals surface area contributed by atoms with Gasteiger partial charge in [-0.15, -0.1) is 0 Å². The van der Waals surface area contributed by atoms with E-state index in [2.05, 4.69) is 194 Å². The smallest absolute Gasteiger partial charge is 0.225 e. The summed E-state index contributed by atoms with van der Waals surface area (Å²) < 4.78 is 9.01. The summed E-state index contributed by atoms with van der Waals surface area (Å²) in [5.74, 6) is 7.73. The van der Waals surface area contributed by atoms with E-state index in [4.69, 9.17) is 10.3 Å². The topological polar surface area (TPSA) is 42.2 Å². The van der Waals surface area contributed by atoms with E-state index < -0.39 is 0 Å². The molecule has 8 aromatic carbocycles. The van der Waals surface area contributed by atoms with Gasteiger partial charge in [-0.2, -0.15) is 15.0 Å². The number of para-hydroxylation sites is 1. The third-order valence-corrected chi connectivity index (χ3v) is 11.1. The van der Waals surface area contributed by atoms with E-state index in [-0.39, 0.29) is 4.59 Å². The molecule has 0 bridgehead atoms. The van der Waals surface area contributed by atoms with Crippen molar-refractivity contribution in [3.8, 4) is 22.3 Å². The summed E-state index contributed by atoms with van der Waals surface area (Å²) in [7, 11) is 0. The zero-order valence-electron chi connectivity index (χ0n) is 33.1. The Morgan fingerprint density at radius 2 is 1.07 bits per heavy atom. The Labute approximate surface area is 340 Å². The quantitative estimate of drug-likeness (QED) is 0.0690. The number of nitrogens with zero attached hydrogens (tertiary/aromatic N) is 2. The Bertz CT molecular complexity index is 2980. The highest BCUT2D eigenvalue weighted by Crippen LogP contribution is 2.47. The van der Waals surface area contributed by atoms with Crippen LogP contribution >= 0.6 is 0 Å². The van der Waals surface area contributed by atoms with Crippen LogP contribution in [0.3, 0.4) is 0 Å². The number of furan rings is 1. The second-order valence-corrected chi connectivity index (χ2v) is 15.0. The van der Waals surface area contributed by atoms with Crippen LogP contribution in [0.5, 0.6) is 0 Å². The number of quaternary nitrogens is 1. The van der Waals surface area contributed by atoms with Crippen LogP contribution in [0, 0.1) is 0 Å². The van der Waals surface area contributed by atoms with Crippen molar-refractivity contribution in [3.05, 3.63) is 216 Å². The van der Waals surface area contributed by atoms with Crippen molar-refractivity contribution < 1.29 is 4.42 Å². The Morgan fingerprint density at radius 1 is 0.500 bits per heavy atom. The van der Waals surface area contributed by atoms with Crippen molar-refractivity contribution in [2.45, 2.75) is 33.1 Å². The maximum Gasteiger partial charge on any atom is 0.225 e. The van der Waals surface area contributed by atoms with Crippen LogP contribution in [0.4, 0.5) is 22.7 Å². The van der Waals surface area contributed by atoms with E-state index in [1.165, 1.54) is 44.9 Å². The molecule has 1 aromatic heterocycles. The van der Waals surface area contributed by atoms with Gasteiger partial charge in [0.15, 0.2) is 17.1 Å². The van der Waals surface area contributed by atoms with Gasteiger partial charge in [0.1, 0.15) is 16.4 Å². The fraction of sp³-hybridized carbons (Fsp3) is 0.0926. The molecule has 2 heterocycles. The fourth-order valence-corrected chi connectivity index (χ4v) is 8.27. The van der Waals surface area contributed by atoms with Crippen LogP contribution in [0.1, 0.15) is 32.3 Å². The standard InChI is InChI=1S/C51H39N3O.C3H8/c52-54(42-20-11-4-12-21-42,43-29-25-39(26-30-43)37-16-7-2-8-17-37)48-22-13-23-50-51(48)45-35-41(28-33-49(45)55-50)53-46(31-24-36-14-5-1-6-15-36)44-34-40(27-32-47(44)53)38-18-9-3-10-19-38;1-3-2/h1-23,25-30,32-35H,24,31,52H2;3H2,1-2H3/q+2;. The van der Waals surface area contributed by atoms with Gasteiger partial charge in [-0.05, 0) is 70.6 Å². The molecule has 1 unspecified atom stereocenters. The number of benzene rings is 8. The van der Waals surface area contributed by atoms with Gasteiger partial charge in [-0.3, -0.25) is 0 Å². The predicted molar refractivity (Wildman–Crippen MR) is 244 cm³/mol. The minimum absolute atomic E-state index is 0.0185. The number of hydrogen-bond donors (Lipinski definition) is 1. The average Bonchev–Trinajstić information content (AvgIpc) is 3.66. The van der Waals surface area contributed by atoms with Crippen LogP contribution in [0.15, 0.2) is 205 Å². The molecule has 1 atom stereocenters. The van der Waals surface area contributed by atoms with Gasteiger partial charge in [-0.25, -0.2) is 0 Å². The average molecular weight is 754 g/mol. The molecule has 58 heavy (non-hydrogen) atoms. The van der Waals surface area contributed by atoms with Gasteiger partial charge in [-0.1, -0.05) is 136 Å². The molecule has 1 aliphatic heterocycles. The minimum atomic E-state index is -0.0185. The van der Waals surface area contributed by atoms with Gasteiger partial charge in [0, 0.05) is 60.3 Å². The van der Waals surface area contributed by atoms with E-state index in [0.29, 0.717) is 0 Å². The van der Waals surface area contributed by atoms with Crippen LogP contribution in [0.2, 0.25) is 0 Å². The number of rotatable bonds is 9. The van der Waals surface area contributed by atoms with Gasteiger partial charge in [0.05, 0.1) is 5.39 Å². The number of hydrogen-bond acceptors (Lipinski definition) is 2. The largest absolute Gasteiger partial charge is 0.456 e. The van der Waals surface area contributed by atoms with E-state index in [1.54, 1.807) is 0 Å². The number of fused-ring (bicyclic) bond motifs is 4. The molecule has 4 nitrogen and oxygen atoms in total.